The molecule has 5 nitrogen and oxygen atoms in total. The summed E-state index contributed by atoms with van der Waals surface area (Å²) in [5, 5.41) is 7.46. The van der Waals surface area contributed by atoms with Gasteiger partial charge in [-0.05, 0) is 68.5 Å². The maximum atomic E-state index is 14.6. The van der Waals surface area contributed by atoms with Crippen molar-refractivity contribution in [3.63, 3.8) is 0 Å². The van der Waals surface area contributed by atoms with E-state index >= 15 is 0 Å². The zero-order valence-electron chi connectivity index (χ0n) is 21.0. The fourth-order valence-electron chi connectivity index (χ4n) is 5.52. The zero-order chi connectivity index (χ0) is 26.7. The minimum absolute atomic E-state index is 0.0221. The molecule has 4 atom stereocenters. The van der Waals surface area contributed by atoms with E-state index in [2.05, 4.69) is 17.3 Å². The van der Waals surface area contributed by atoms with Crippen molar-refractivity contribution in [3.05, 3.63) is 82.4 Å². The molecule has 1 saturated carbocycles. The normalized spacial score (nSPS) is 22.2. The summed E-state index contributed by atoms with van der Waals surface area (Å²) in [6.45, 7) is 4.35. The highest BCUT2D eigenvalue weighted by molar-refractivity contribution is 6.30. The molecule has 198 valence electrons. The number of carbonyl (C=O) groups is 1. The molecule has 3 aromatic rings. The summed E-state index contributed by atoms with van der Waals surface area (Å²) in [5.74, 6) is -2.83. The molecule has 1 heterocycles. The van der Waals surface area contributed by atoms with Crippen LogP contribution >= 0.6 is 11.6 Å². The van der Waals surface area contributed by atoms with Gasteiger partial charge in [0.2, 0.25) is 5.91 Å². The molecule has 4 rings (SSSR count). The van der Waals surface area contributed by atoms with E-state index in [0.717, 1.165) is 24.6 Å². The van der Waals surface area contributed by atoms with Crippen molar-refractivity contribution in [2.45, 2.75) is 63.3 Å². The van der Waals surface area contributed by atoms with Gasteiger partial charge in [-0.15, -0.1) is 0 Å². The van der Waals surface area contributed by atoms with E-state index in [9.17, 15) is 18.0 Å². The molecular formula is C28H32ClF3N4O. The van der Waals surface area contributed by atoms with Gasteiger partial charge in [-0.3, -0.25) is 4.79 Å². The van der Waals surface area contributed by atoms with E-state index in [1.54, 1.807) is 16.9 Å². The Morgan fingerprint density at radius 2 is 1.95 bits per heavy atom. The van der Waals surface area contributed by atoms with Gasteiger partial charge in [0.15, 0.2) is 0 Å². The fourth-order valence-corrected chi connectivity index (χ4v) is 5.70. The number of aromatic nitrogens is 2. The summed E-state index contributed by atoms with van der Waals surface area (Å²) in [6.07, 6.45) is 4.99. The number of nitrogens with zero attached hydrogens (tertiary/aromatic N) is 2. The molecule has 9 heteroatoms. The quantitative estimate of drug-likeness (QED) is 0.342. The molecular weight excluding hydrogens is 501 g/mol. The Kier molecular flexibility index (Phi) is 8.29. The second kappa shape index (κ2) is 11.3. The largest absolute Gasteiger partial charge is 0.356 e. The molecule has 0 bridgehead atoms. The lowest BCUT2D eigenvalue weighted by molar-refractivity contribution is -0.125. The SMILES string of the molecule is CCCC(CCNC(=O)[C@@H]1C[C@@](C)(N)C[C@H]1c1ccc(F)cc1F)c1ccnn1-c1ccc(F)c(Cl)c1. The van der Waals surface area contributed by atoms with E-state index < -0.39 is 34.8 Å². The Morgan fingerprint density at radius 1 is 1.16 bits per heavy atom. The van der Waals surface area contributed by atoms with Crippen LogP contribution in [0.3, 0.4) is 0 Å². The first-order chi connectivity index (χ1) is 17.6. The molecule has 1 unspecified atom stereocenters. The van der Waals surface area contributed by atoms with Gasteiger partial charge in [-0.1, -0.05) is 31.0 Å². The van der Waals surface area contributed by atoms with Crippen LogP contribution in [0.25, 0.3) is 5.69 Å². The molecule has 2 aromatic carbocycles. The number of hydrogen-bond acceptors (Lipinski definition) is 3. The zero-order valence-corrected chi connectivity index (χ0v) is 21.7. The summed E-state index contributed by atoms with van der Waals surface area (Å²) in [7, 11) is 0. The van der Waals surface area contributed by atoms with Crippen LogP contribution in [0.5, 0.6) is 0 Å². The summed E-state index contributed by atoms with van der Waals surface area (Å²) in [5.41, 5.74) is 7.67. The van der Waals surface area contributed by atoms with Crippen molar-refractivity contribution in [3.8, 4) is 5.69 Å². The average molecular weight is 533 g/mol. The van der Waals surface area contributed by atoms with Gasteiger partial charge < -0.3 is 11.1 Å². The number of benzene rings is 2. The molecule has 0 aliphatic heterocycles. The van der Waals surface area contributed by atoms with Gasteiger partial charge >= 0.3 is 0 Å². The number of nitrogens with one attached hydrogen (secondary N) is 1. The lowest BCUT2D eigenvalue weighted by atomic mass is 9.87. The van der Waals surface area contributed by atoms with Crippen LogP contribution in [-0.4, -0.2) is 27.8 Å². The summed E-state index contributed by atoms with van der Waals surface area (Å²) in [6, 6.07) is 9.87. The van der Waals surface area contributed by atoms with Gasteiger partial charge in [-0.2, -0.15) is 5.10 Å². The molecule has 1 aliphatic carbocycles. The third-order valence-electron chi connectivity index (χ3n) is 7.22. The molecule has 0 saturated heterocycles. The highest BCUT2D eigenvalue weighted by Gasteiger charge is 2.44. The molecule has 3 N–H and O–H groups in total. The Bertz CT molecular complexity index is 1260. The molecule has 0 spiro atoms. The van der Waals surface area contributed by atoms with Crippen LogP contribution in [-0.2, 0) is 4.79 Å². The smallest absolute Gasteiger partial charge is 0.223 e. The summed E-state index contributed by atoms with van der Waals surface area (Å²) < 4.78 is 43.4. The first-order valence-corrected chi connectivity index (χ1v) is 13.0. The molecule has 1 aliphatic rings. The van der Waals surface area contributed by atoms with Gasteiger partial charge in [0.25, 0.3) is 0 Å². The van der Waals surface area contributed by atoms with Gasteiger partial charge in [0, 0.05) is 47.8 Å². The summed E-state index contributed by atoms with van der Waals surface area (Å²) in [4.78, 5) is 13.2. The minimum Gasteiger partial charge on any atom is -0.356 e. The Hall–Kier alpha value is -2.84. The van der Waals surface area contributed by atoms with Gasteiger partial charge in [-0.25, -0.2) is 17.9 Å². The second-order valence-corrected chi connectivity index (χ2v) is 10.7. The van der Waals surface area contributed by atoms with E-state index in [4.69, 9.17) is 17.3 Å². The topological polar surface area (TPSA) is 72.9 Å². The van der Waals surface area contributed by atoms with Crippen molar-refractivity contribution >= 4 is 17.5 Å². The van der Waals surface area contributed by atoms with E-state index in [-0.39, 0.29) is 16.8 Å². The van der Waals surface area contributed by atoms with Crippen molar-refractivity contribution in [2.75, 3.05) is 6.54 Å². The van der Waals surface area contributed by atoms with Crippen LogP contribution in [0.2, 0.25) is 5.02 Å². The monoisotopic (exact) mass is 532 g/mol. The van der Waals surface area contributed by atoms with Crippen molar-refractivity contribution in [1.29, 1.82) is 0 Å². The van der Waals surface area contributed by atoms with E-state index in [0.29, 0.717) is 37.1 Å². The molecule has 1 amide bonds. The number of halogens is 4. The Labute approximate surface area is 220 Å². The van der Waals surface area contributed by atoms with Crippen molar-refractivity contribution in [2.24, 2.45) is 11.7 Å². The number of rotatable bonds is 9. The lowest BCUT2D eigenvalue weighted by Gasteiger charge is -2.22. The van der Waals surface area contributed by atoms with Crippen molar-refractivity contribution in [1.82, 2.24) is 15.1 Å². The standard InChI is InChI=1S/C28H32ClF3N4O/c1-3-4-17(26-10-12-35-36(26)19-6-8-24(31)23(29)14-19)9-11-34-27(37)22-16-28(2,33)15-21(22)20-7-5-18(30)13-25(20)32/h5-8,10,12-14,17,21-22H,3-4,9,11,15-16,33H2,1-2H3,(H,34,37)/t17?,21-,22+,28-/m0/s1. The maximum absolute atomic E-state index is 14.6. The first-order valence-electron chi connectivity index (χ1n) is 12.6. The van der Waals surface area contributed by atoms with E-state index in [1.165, 1.54) is 24.3 Å². The van der Waals surface area contributed by atoms with Crippen LogP contribution in [0.4, 0.5) is 13.2 Å². The predicted octanol–water partition coefficient (Wildman–Crippen LogP) is 6.24. The minimum atomic E-state index is -0.655. The van der Waals surface area contributed by atoms with Gasteiger partial charge in [0.05, 0.1) is 10.7 Å². The fraction of sp³-hybridized carbons (Fsp3) is 0.429. The molecule has 0 radical (unpaired) electrons. The Balaban J connectivity index is 1.46. The van der Waals surface area contributed by atoms with Crippen LogP contribution < -0.4 is 11.1 Å². The Morgan fingerprint density at radius 3 is 2.65 bits per heavy atom. The third kappa shape index (κ3) is 6.18. The van der Waals surface area contributed by atoms with Gasteiger partial charge in [0.1, 0.15) is 17.5 Å². The highest BCUT2D eigenvalue weighted by Crippen LogP contribution is 2.45. The third-order valence-corrected chi connectivity index (χ3v) is 7.51. The van der Waals surface area contributed by atoms with Crippen molar-refractivity contribution < 1.29 is 18.0 Å². The number of carbonyl (C=O) groups excluding carboxylic acids is 1. The number of hydrogen-bond donors (Lipinski definition) is 2. The number of nitrogens with two attached hydrogens (primary N) is 1. The molecule has 1 fully saturated rings. The number of amides is 1. The van der Waals surface area contributed by atoms with Crippen LogP contribution in [0.1, 0.15) is 69.0 Å². The highest BCUT2D eigenvalue weighted by atomic mass is 35.5. The van der Waals surface area contributed by atoms with Crippen LogP contribution in [0, 0.1) is 23.4 Å². The molecule has 1 aromatic heterocycles. The van der Waals surface area contributed by atoms with Crippen LogP contribution in [0.15, 0.2) is 48.7 Å². The van der Waals surface area contributed by atoms with E-state index in [1.807, 2.05) is 13.0 Å². The average Bonchev–Trinajstić information content (AvgIpc) is 3.44. The first kappa shape index (κ1) is 27.2. The maximum Gasteiger partial charge on any atom is 0.223 e. The predicted molar refractivity (Wildman–Crippen MR) is 138 cm³/mol. The second-order valence-electron chi connectivity index (χ2n) is 10.3. The summed E-state index contributed by atoms with van der Waals surface area (Å²) >= 11 is 5.98. The molecule has 37 heavy (non-hydrogen) atoms. The lowest BCUT2D eigenvalue weighted by Crippen LogP contribution is -2.36.